The van der Waals surface area contributed by atoms with Crippen LogP contribution >= 0.6 is 11.3 Å². The number of amides is 1. The first-order valence-electron chi connectivity index (χ1n) is 8.06. The standard InChI is InChI=1S/C16H15N7O3S/c1-26-15(25)11-6-17-16(27-11)21-14(24)10-7-22(8-10)12-5-13(19-9-18-12)23-4-2-3-20-23/h2-6,9-10H,7-8H2,1H3,(H,17,21,24). The van der Waals surface area contributed by atoms with Crippen molar-refractivity contribution in [2.24, 2.45) is 5.92 Å². The molecule has 1 fully saturated rings. The van der Waals surface area contributed by atoms with Crippen LogP contribution in [0.15, 0.2) is 37.1 Å². The Morgan fingerprint density at radius 1 is 1.26 bits per heavy atom. The minimum atomic E-state index is -0.473. The number of aromatic nitrogens is 5. The molecule has 0 atom stereocenters. The molecule has 1 aliphatic rings. The number of carbonyl (C=O) groups excluding carboxylic acids is 2. The zero-order valence-electron chi connectivity index (χ0n) is 14.3. The second kappa shape index (κ2) is 7.11. The van der Waals surface area contributed by atoms with Crippen LogP contribution in [0, 0.1) is 5.92 Å². The fraction of sp³-hybridized carbons (Fsp3) is 0.250. The quantitative estimate of drug-likeness (QED) is 0.646. The maximum atomic E-state index is 12.3. The van der Waals surface area contributed by atoms with Gasteiger partial charge in [-0.05, 0) is 6.07 Å². The Balaban J connectivity index is 1.35. The lowest BCUT2D eigenvalue weighted by Crippen LogP contribution is -2.52. The Morgan fingerprint density at radius 3 is 2.81 bits per heavy atom. The summed E-state index contributed by atoms with van der Waals surface area (Å²) in [5, 5.41) is 7.26. The minimum absolute atomic E-state index is 0.140. The summed E-state index contributed by atoms with van der Waals surface area (Å²) in [6, 6.07) is 3.64. The number of ether oxygens (including phenoxy) is 1. The van der Waals surface area contributed by atoms with Crippen molar-refractivity contribution in [3.8, 4) is 5.82 Å². The van der Waals surface area contributed by atoms with Crippen molar-refractivity contribution in [3.05, 3.63) is 41.9 Å². The van der Waals surface area contributed by atoms with Crippen molar-refractivity contribution in [2.75, 3.05) is 30.4 Å². The van der Waals surface area contributed by atoms with Gasteiger partial charge in [0.05, 0.1) is 19.2 Å². The van der Waals surface area contributed by atoms with Gasteiger partial charge in [-0.1, -0.05) is 11.3 Å². The molecule has 27 heavy (non-hydrogen) atoms. The molecule has 0 aliphatic carbocycles. The van der Waals surface area contributed by atoms with E-state index in [2.05, 4.69) is 30.1 Å². The Morgan fingerprint density at radius 2 is 2.07 bits per heavy atom. The Bertz CT molecular complexity index is 966. The van der Waals surface area contributed by atoms with Gasteiger partial charge in [0, 0.05) is 31.5 Å². The minimum Gasteiger partial charge on any atom is -0.465 e. The molecule has 138 valence electrons. The molecule has 0 saturated carbocycles. The molecule has 11 heteroatoms. The zero-order chi connectivity index (χ0) is 18.8. The molecule has 0 unspecified atom stereocenters. The third-order valence-electron chi connectivity index (χ3n) is 4.08. The highest BCUT2D eigenvalue weighted by molar-refractivity contribution is 7.17. The number of anilines is 2. The van der Waals surface area contributed by atoms with Crippen LogP contribution in [-0.4, -0.2) is 56.8 Å². The van der Waals surface area contributed by atoms with Crippen LogP contribution in [0.3, 0.4) is 0 Å². The van der Waals surface area contributed by atoms with Gasteiger partial charge in [0.25, 0.3) is 0 Å². The fourth-order valence-electron chi connectivity index (χ4n) is 2.61. The van der Waals surface area contributed by atoms with E-state index in [0.717, 1.165) is 17.2 Å². The van der Waals surface area contributed by atoms with E-state index in [9.17, 15) is 9.59 Å². The van der Waals surface area contributed by atoms with Gasteiger partial charge in [-0.25, -0.2) is 24.4 Å². The lowest BCUT2D eigenvalue weighted by molar-refractivity contribution is -0.120. The van der Waals surface area contributed by atoms with Crippen molar-refractivity contribution >= 4 is 34.2 Å². The van der Waals surface area contributed by atoms with Gasteiger partial charge in [-0.3, -0.25) is 4.79 Å². The Labute approximate surface area is 157 Å². The van der Waals surface area contributed by atoms with Crippen LogP contribution in [0.2, 0.25) is 0 Å². The Hall–Kier alpha value is -3.34. The number of thiazole rings is 1. The number of hydrogen-bond donors (Lipinski definition) is 1. The summed E-state index contributed by atoms with van der Waals surface area (Å²) in [6.07, 6.45) is 6.34. The third-order valence-corrected chi connectivity index (χ3v) is 4.97. The molecule has 4 rings (SSSR count). The summed E-state index contributed by atoms with van der Waals surface area (Å²) in [5.41, 5.74) is 0. The maximum Gasteiger partial charge on any atom is 0.349 e. The molecule has 1 saturated heterocycles. The summed E-state index contributed by atoms with van der Waals surface area (Å²) in [4.78, 5) is 38.6. The predicted octanol–water partition coefficient (Wildman–Crippen LogP) is 0.980. The summed E-state index contributed by atoms with van der Waals surface area (Å²) in [5.74, 6) is 0.606. The molecule has 10 nitrogen and oxygen atoms in total. The summed E-state index contributed by atoms with van der Waals surface area (Å²) in [7, 11) is 1.30. The topological polar surface area (TPSA) is 115 Å². The van der Waals surface area contributed by atoms with Crippen molar-refractivity contribution < 1.29 is 14.3 Å². The van der Waals surface area contributed by atoms with Crippen LogP contribution in [0.5, 0.6) is 0 Å². The van der Waals surface area contributed by atoms with E-state index in [1.807, 2.05) is 17.0 Å². The molecular weight excluding hydrogens is 370 g/mol. The van der Waals surface area contributed by atoms with Crippen LogP contribution < -0.4 is 10.2 Å². The maximum absolute atomic E-state index is 12.3. The monoisotopic (exact) mass is 385 g/mol. The lowest BCUT2D eigenvalue weighted by atomic mass is 9.99. The zero-order valence-corrected chi connectivity index (χ0v) is 15.1. The van der Waals surface area contributed by atoms with Gasteiger partial charge >= 0.3 is 5.97 Å². The van der Waals surface area contributed by atoms with E-state index in [0.29, 0.717) is 28.9 Å². The average molecular weight is 385 g/mol. The largest absolute Gasteiger partial charge is 0.465 e. The number of nitrogens with one attached hydrogen (secondary N) is 1. The van der Waals surface area contributed by atoms with Crippen LogP contribution in [0.1, 0.15) is 9.67 Å². The second-order valence-corrected chi connectivity index (χ2v) is 6.83. The molecule has 1 N–H and O–H groups in total. The first-order valence-corrected chi connectivity index (χ1v) is 8.87. The molecule has 1 aliphatic heterocycles. The number of carbonyl (C=O) groups is 2. The average Bonchev–Trinajstić information content (AvgIpc) is 3.32. The van der Waals surface area contributed by atoms with E-state index < -0.39 is 5.97 Å². The SMILES string of the molecule is COC(=O)c1cnc(NC(=O)C2CN(c3cc(-n4cccn4)ncn3)C2)s1. The first kappa shape index (κ1) is 17.1. The predicted molar refractivity (Wildman–Crippen MR) is 96.9 cm³/mol. The molecule has 0 bridgehead atoms. The summed E-state index contributed by atoms with van der Waals surface area (Å²) in [6.45, 7) is 1.08. The highest BCUT2D eigenvalue weighted by Gasteiger charge is 2.34. The van der Waals surface area contributed by atoms with E-state index >= 15 is 0 Å². The fourth-order valence-corrected chi connectivity index (χ4v) is 3.34. The van der Waals surface area contributed by atoms with Crippen LogP contribution in [0.4, 0.5) is 10.9 Å². The number of nitrogens with zero attached hydrogens (tertiary/aromatic N) is 6. The molecule has 0 aromatic carbocycles. The molecule has 4 heterocycles. The number of esters is 1. The van der Waals surface area contributed by atoms with Crippen molar-refractivity contribution in [2.45, 2.75) is 0 Å². The Kier molecular flexibility index (Phi) is 4.50. The molecule has 3 aromatic heterocycles. The third kappa shape index (κ3) is 3.49. The molecule has 3 aromatic rings. The van der Waals surface area contributed by atoms with Gasteiger partial charge in [-0.2, -0.15) is 5.10 Å². The molecule has 0 radical (unpaired) electrons. The first-order chi connectivity index (χ1) is 13.1. The number of rotatable bonds is 5. The van der Waals surface area contributed by atoms with Gasteiger partial charge in [0.15, 0.2) is 10.9 Å². The normalized spacial score (nSPS) is 13.9. The highest BCUT2D eigenvalue weighted by atomic mass is 32.1. The lowest BCUT2D eigenvalue weighted by Gasteiger charge is -2.38. The van der Waals surface area contributed by atoms with Crippen LogP contribution in [0.25, 0.3) is 5.82 Å². The van der Waals surface area contributed by atoms with Crippen LogP contribution in [-0.2, 0) is 9.53 Å². The highest BCUT2D eigenvalue weighted by Crippen LogP contribution is 2.26. The molecule has 1 amide bonds. The van der Waals surface area contributed by atoms with E-state index in [1.54, 1.807) is 17.1 Å². The van der Waals surface area contributed by atoms with E-state index in [-0.39, 0.29) is 11.8 Å². The molecular formula is C16H15N7O3S. The van der Waals surface area contributed by atoms with Crippen molar-refractivity contribution in [3.63, 3.8) is 0 Å². The smallest absolute Gasteiger partial charge is 0.349 e. The van der Waals surface area contributed by atoms with Gasteiger partial charge in [0.1, 0.15) is 17.0 Å². The molecule has 0 spiro atoms. The van der Waals surface area contributed by atoms with Gasteiger partial charge in [0.2, 0.25) is 5.91 Å². The van der Waals surface area contributed by atoms with E-state index in [1.165, 1.54) is 19.6 Å². The van der Waals surface area contributed by atoms with Gasteiger partial charge in [-0.15, -0.1) is 0 Å². The van der Waals surface area contributed by atoms with Gasteiger partial charge < -0.3 is 15.0 Å². The van der Waals surface area contributed by atoms with E-state index in [4.69, 9.17) is 0 Å². The second-order valence-electron chi connectivity index (χ2n) is 5.80. The number of hydrogen-bond acceptors (Lipinski definition) is 9. The number of methoxy groups -OCH3 is 1. The van der Waals surface area contributed by atoms with Crippen molar-refractivity contribution in [1.82, 2.24) is 24.7 Å². The summed E-state index contributed by atoms with van der Waals surface area (Å²) < 4.78 is 6.28. The summed E-state index contributed by atoms with van der Waals surface area (Å²) >= 11 is 1.08. The van der Waals surface area contributed by atoms with Crippen molar-refractivity contribution in [1.29, 1.82) is 0 Å².